The second kappa shape index (κ2) is 5.20. The van der Waals surface area contributed by atoms with E-state index in [1.807, 2.05) is 0 Å². The Kier molecular flexibility index (Phi) is 3.90. The summed E-state index contributed by atoms with van der Waals surface area (Å²) >= 11 is 0. The van der Waals surface area contributed by atoms with Gasteiger partial charge in [-0.3, -0.25) is 5.32 Å². The van der Waals surface area contributed by atoms with Gasteiger partial charge in [0, 0.05) is 11.6 Å². The molecule has 0 saturated heterocycles. The van der Waals surface area contributed by atoms with E-state index in [1.54, 1.807) is 6.07 Å². The predicted octanol–water partition coefficient (Wildman–Crippen LogP) is 4.03. The molecular weight excluding hydrogens is 281 g/mol. The fraction of sp³-hybridized carbons (Fsp3) is 0.538. The summed E-state index contributed by atoms with van der Waals surface area (Å²) in [5.74, 6) is -0.111. The molecule has 1 aliphatic carbocycles. The molecule has 20 heavy (non-hydrogen) atoms. The first kappa shape index (κ1) is 15.0. The van der Waals surface area contributed by atoms with Crippen molar-refractivity contribution in [3.8, 4) is 5.75 Å². The summed E-state index contributed by atoms with van der Waals surface area (Å²) in [6.07, 6.45) is -4.35. The molecule has 0 heterocycles. The predicted molar refractivity (Wildman–Crippen MR) is 62.6 cm³/mol. The quantitative estimate of drug-likeness (QED) is 0.828. The lowest BCUT2D eigenvalue weighted by atomic mass is 10.1. The van der Waals surface area contributed by atoms with E-state index in [0.717, 1.165) is 0 Å². The largest absolute Gasteiger partial charge is 0.434 e. The number of hydrogen-bond donors (Lipinski definition) is 1. The van der Waals surface area contributed by atoms with Crippen molar-refractivity contribution in [2.45, 2.75) is 44.1 Å². The maximum absolute atomic E-state index is 12.9. The Bertz CT molecular complexity index is 470. The third kappa shape index (κ3) is 3.03. The molecule has 1 aliphatic rings. The zero-order valence-corrected chi connectivity index (χ0v) is 10.7. The molecule has 1 unspecified atom stereocenters. The van der Waals surface area contributed by atoms with Gasteiger partial charge in [0.2, 0.25) is 0 Å². The highest BCUT2D eigenvalue weighted by molar-refractivity contribution is 5.36. The molecule has 1 fully saturated rings. The smallest absolute Gasteiger partial charge is 0.406 e. The molecule has 2 rings (SSSR count). The van der Waals surface area contributed by atoms with E-state index >= 15 is 0 Å². The van der Waals surface area contributed by atoms with E-state index < -0.39 is 24.4 Å². The summed E-state index contributed by atoms with van der Waals surface area (Å²) in [6, 6.07) is 5.10. The molecule has 1 aromatic rings. The Morgan fingerprint density at radius 1 is 1.20 bits per heavy atom. The standard InChI is InChI=1S/C13H14F5NO/c1-8(19-12(6-7-12)13(16,17)18)9-4-2-3-5-10(9)20-11(14)15/h2-5,8,11,19H,6-7H2,1H3. The van der Waals surface area contributed by atoms with Crippen LogP contribution < -0.4 is 10.1 Å². The van der Waals surface area contributed by atoms with Crippen LogP contribution in [0.15, 0.2) is 24.3 Å². The highest BCUT2D eigenvalue weighted by atomic mass is 19.4. The van der Waals surface area contributed by atoms with Gasteiger partial charge in [-0.15, -0.1) is 0 Å². The van der Waals surface area contributed by atoms with Crippen LogP contribution in [0.2, 0.25) is 0 Å². The lowest BCUT2D eigenvalue weighted by molar-refractivity contribution is -0.167. The highest BCUT2D eigenvalue weighted by Gasteiger charge is 2.63. The van der Waals surface area contributed by atoms with Crippen LogP contribution in [-0.4, -0.2) is 18.3 Å². The minimum atomic E-state index is -4.35. The monoisotopic (exact) mass is 295 g/mol. The zero-order valence-electron chi connectivity index (χ0n) is 10.7. The normalized spacial score (nSPS) is 18.9. The summed E-state index contributed by atoms with van der Waals surface area (Å²) in [6.45, 7) is -1.51. The van der Waals surface area contributed by atoms with Crippen molar-refractivity contribution in [3.63, 3.8) is 0 Å². The van der Waals surface area contributed by atoms with Gasteiger partial charge in [0.1, 0.15) is 11.3 Å². The molecule has 0 aliphatic heterocycles. The Balaban J connectivity index is 2.16. The van der Waals surface area contributed by atoms with Crippen LogP contribution in [0, 0.1) is 0 Å². The van der Waals surface area contributed by atoms with Gasteiger partial charge >= 0.3 is 12.8 Å². The molecule has 0 amide bonds. The number of alkyl halides is 5. The lowest BCUT2D eigenvalue weighted by Gasteiger charge is -2.26. The molecule has 0 bridgehead atoms. The average Bonchev–Trinajstić information content (AvgIpc) is 3.09. The van der Waals surface area contributed by atoms with Crippen LogP contribution in [0.5, 0.6) is 5.75 Å². The minimum Gasteiger partial charge on any atom is -0.434 e. The number of benzene rings is 1. The molecule has 0 spiro atoms. The van der Waals surface area contributed by atoms with Crippen molar-refractivity contribution < 1.29 is 26.7 Å². The number of hydrogen-bond acceptors (Lipinski definition) is 2. The molecule has 112 valence electrons. The zero-order chi connectivity index (χ0) is 15.0. The topological polar surface area (TPSA) is 21.3 Å². The van der Waals surface area contributed by atoms with Gasteiger partial charge in [-0.1, -0.05) is 18.2 Å². The molecule has 1 N–H and O–H groups in total. The van der Waals surface area contributed by atoms with Crippen molar-refractivity contribution in [3.05, 3.63) is 29.8 Å². The Morgan fingerprint density at radius 3 is 2.30 bits per heavy atom. The summed E-state index contributed by atoms with van der Waals surface area (Å²) in [5.41, 5.74) is -1.62. The van der Waals surface area contributed by atoms with Crippen molar-refractivity contribution in [2.24, 2.45) is 0 Å². The number of ether oxygens (including phenoxy) is 1. The number of para-hydroxylation sites is 1. The Labute approximate surface area is 112 Å². The van der Waals surface area contributed by atoms with E-state index in [2.05, 4.69) is 10.1 Å². The second-order valence-electron chi connectivity index (χ2n) is 4.86. The first-order valence-electron chi connectivity index (χ1n) is 6.13. The molecule has 0 aromatic heterocycles. The van der Waals surface area contributed by atoms with Gasteiger partial charge in [0.25, 0.3) is 0 Å². The molecule has 0 radical (unpaired) electrons. The van der Waals surface area contributed by atoms with E-state index in [1.165, 1.54) is 25.1 Å². The van der Waals surface area contributed by atoms with Gasteiger partial charge in [0.15, 0.2) is 0 Å². The molecular formula is C13H14F5NO. The molecule has 1 saturated carbocycles. The van der Waals surface area contributed by atoms with Crippen LogP contribution >= 0.6 is 0 Å². The Hall–Kier alpha value is -1.37. The van der Waals surface area contributed by atoms with Gasteiger partial charge in [-0.2, -0.15) is 22.0 Å². The summed E-state index contributed by atoms with van der Waals surface area (Å²) < 4.78 is 67.5. The lowest BCUT2D eigenvalue weighted by Crippen LogP contribution is -2.46. The van der Waals surface area contributed by atoms with Crippen LogP contribution in [0.25, 0.3) is 0 Å². The van der Waals surface area contributed by atoms with Crippen molar-refractivity contribution in [1.82, 2.24) is 5.32 Å². The highest BCUT2D eigenvalue weighted by Crippen LogP contribution is 2.50. The van der Waals surface area contributed by atoms with Crippen molar-refractivity contribution in [1.29, 1.82) is 0 Å². The van der Waals surface area contributed by atoms with Crippen molar-refractivity contribution in [2.75, 3.05) is 0 Å². The van der Waals surface area contributed by atoms with Gasteiger partial charge in [-0.05, 0) is 25.8 Å². The van der Waals surface area contributed by atoms with Gasteiger partial charge in [-0.25, -0.2) is 0 Å². The van der Waals surface area contributed by atoms with Crippen LogP contribution in [0.1, 0.15) is 31.4 Å². The average molecular weight is 295 g/mol. The van der Waals surface area contributed by atoms with E-state index in [-0.39, 0.29) is 24.2 Å². The van der Waals surface area contributed by atoms with E-state index in [9.17, 15) is 22.0 Å². The maximum atomic E-state index is 12.9. The number of nitrogens with one attached hydrogen (secondary N) is 1. The van der Waals surface area contributed by atoms with E-state index in [4.69, 9.17) is 0 Å². The second-order valence-corrected chi connectivity index (χ2v) is 4.86. The number of halogens is 5. The third-order valence-electron chi connectivity index (χ3n) is 3.39. The Morgan fingerprint density at radius 2 is 1.80 bits per heavy atom. The summed E-state index contributed by atoms with van der Waals surface area (Å²) in [4.78, 5) is 0. The molecule has 2 nitrogen and oxygen atoms in total. The van der Waals surface area contributed by atoms with Gasteiger partial charge < -0.3 is 4.74 Å². The van der Waals surface area contributed by atoms with Crippen LogP contribution in [0.3, 0.4) is 0 Å². The summed E-state index contributed by atoms with van der Waals surface area (Å²) in [7, 11) is 0. The maximum Gasteiger partial charge on any atom is 0.406 e. The minimum absolute atomic E-state index is 0.00128. The molecule has 7 heteroatoms. The van der Waals surface area contributed by atoms with Crippen LogP contribution in [-0.2, 0) is 0 Å². The molecule has 1 atom stereocenters. The SMILES string of the molecule is CC(NC1(C(F)(F)F)CC1)c1ccccc1OC(F)F. The first-order chi connectivity index (χ1) is 9.25. The summed E-state index contributed by atoms with van der Waals surface area (Å²) in [5, 5.41) is 2.49. The van der Waals surface area contributed by atoms with Crippen molar-refractivity contribution >= 4 is 0 Å². The van der Waals surface area contributed by atoms with Crippen LogP contribution in [0.4, 0.5) is 22.0 Å². The first-order valence-corrected chi connectivity index (χ1v) is 6.13. The fourth-order valence-corrected chi connectivity index (χ4v) is 2.17. The molecule has 1 aromatic carbocycles. The van der Waals surface area contributed by atoms with Gasteiger partial charge in [0.05, 0.1) is 0 Å². The van der Waals surface area contributed by atoms with E-state index in [0.29, 0.717) is 0 Å². The third-order valence-corrected chi connectivity index (χ3v) is 3.39. The number of rotatable bonds is 5. The fourth-order valence-electron chi connectivity index (χ4n) is 2.17.